The van der Waals surface area contributed by atoms with Crippen LogP contribution in [0.15, 0.2) is 58.4 Å². The predicted molar refractivity (Wildman–Crippen MR) is 151 cm³/mol. The number of carbonyl (C=O) groups excluding carboxylic acids is 1. The van der Waals surface area contributed by atoms with E-state index in [1.807, 2.05) is 56.3 Å². The summed E-state index contributed by atoms with van der Waals surface area (Å²) in [7, 11) is 0. The highest BCUT2D eigenvalue weighted by Gasteiger charge is 2.37. The Kier molecular flexibility index (Phi) is 6.74. The molecule has 2 aliphatic rings. The topological polar surface area (TPSA) is 57.9 Å². The van der Waals surface area contributed by atoms with E-state index in [9.17, 15) is 9.59 Å². The van der Waals surface area contributed by atoms with Crippen LogP contribution in [0.5, 0.6) is 0 Å². The number of pyridine rings is 1. The summed E-state index contributed by atoms with van der Waals surface area (Å²) in [4.78, 5) is 36.7. The van der Waals surface area contributed by atoms with Gasteiger partial charge in [0.05, 0.1) is 16.5 Å². The van der Waals surface area contributed by atoms with Gasteiger partial charge in [-0.15, -0.1) is 0 Å². The first-order valence-electron chi connectivity index (χ1n) is 12.3. The molecule has 0 unspecified atom stereocenters. The van der Waals surface area contributed by atoms with Crippen LogP contribution in [0.3, 0.4) is 0 Å². The molecule has 3 atom stereocenters. The van der Waals surface area contributed by atoms with E-state index in [0.717, 1.165) is 30.6 Å². The van der Waals surface area contributed by atoms with Crippen LogP contribution in [0.25, 0.3) is 11.7 Å². The zero-order chi connectivity index (χ0) is 25.6. The van der Waals surface area contributed by atoms with Crippen molar-refractivity contribution < 1.29 is 4.79 Å². The highest BCUT2D eigenvalue weighted by molar-refractivity contribution is 8.26. The molecule has 0 bridgehead atoms. The molecule has 0 N–H and O–H groups in total. The maximum atomic E-state index is 13.8. The molecule has 2 aliphatic heterocycles. The van der Waals surface area contributed by atoms with Gasteiger partial charge in [-0.25, -0.2) is 4.98 Å². The summed E-state index contributed by atoms with van der Waals surface area (Å²) in [5.41, 5.74) is 2.85. The van der Waals surface area contributed by atoms with Crippen molar-refractivity contribution in [1.29, 1.82) is 0 Å². The average Bonchev–Trinajstić information content (AvgIpc) is 3.13. The van der Waals surface area contributed by atoms with Gasteiger partial charge in [0, 0.05) is 19.3 Å². The molecular formula is C28H30N4O2S2. The molecule has 0 aliphatic carbocycles. The zero-order valence-corrected chi connectivity index (χ0v) is 22.6. The number of aromatic nitrogens is 2. The quantitative estimate of drug-likeness (QED) is 0.338. The molecule has 0 saturated carbocycles. The largest absolute Gasteiger partial charge is 0.355 e. The second-order valence-corrected chi connectivity index (χ2v) is 11.7. The second kappa shape index (κ2) is 9.82. The van der Waals surface area contributed by atoms with Crippen molar-refractivity contribution in [3.63, 3.8) is 0 Å². The molecule has 0 spiro atoms. The van der Waals surface area contributed by atoms with E-state index in [1.54, 1.807) is 21.6 Å². The van der Waals surface area contributed by atoms with Crippen molar-refractivity contribution in [3.05, 3.63) is 80.6 Å². The Labute approximate surface area is 221 Å². The van der Waals surface area contributed by atoms with Crippen LogP contribution in [0.2, 0.25) is 0 Å². The van der Waals surface area contributed by atoms with Crippen LogP contribution in [-0.2, 0) is 4.79 Å². The van der Waals surface area contributed by atoms with Gasteiger partial charge in [-0.2, -0.15) is 0 Å². The van der Waals surface area contributed by atoms with Gasteiger partial charge in [0.2, 0.25) is 0 Å². The second-order valence-electron chi connectivity index (χ2n) is 10.0. The lowest BCUT2D eigenvalue weighted by Gasteiger charge is -2.36. The van der Waals surface area contributed by atoms with Crippen LogP contribution in [-0.4, -0.2) is 37.6 Å². The monoisotopic (exact) mass is 518 g/mol. The molecule has 2 aromatic heterocycles. The van der Waals surface area contributed by atoms with Gasteiger partial charge in [0.15, 0.2) is 0 Å². The molecule has 186 valence electrons. The summed E-state index contributed by atoms with van der Waals surface area (Å²) in [5, 5.41) is 0. The van der Waals surface area contributed by atoms with Crippen molar-refractivity contribution in [2.45, 2.75) is 40.2 Å². The molecule has 4 heterocycles. The molecule has 1 amide bonds. The molecule has 36 heavy (non-hydrogen) atoms. The number of rotatable bonds is 4. The Bertz CT molecular complexity index is 1420. The molecule has 0 radical (unpaired) electrons. The number of hydrogen-bond donors (Lipinski definition) is 0. The Morgan fingerprint density at radius 2 is 1.78 bits per heavy atom. The summed E-state index contributed by atoms with van der Waals surface area (Å²) < 4.78 is 2.07. The minimum atomic E-state index is -0.202. The average molecular weight is 519 g/mol. The third kappa shape index (κ3) is 4.48. The van der Waals surface area contributed by atoms with E-state index >= 15 is 0 Å². The minimum absolute atomic E-state index is 0.175. The number of nitrogens with zero attached hydrogens (tertiary/aromatic N) is 4. The zero-order valence-electron chi connectivity index (χ0n) is 21.0. The van der Waals surface area contributed by atoms with Crippen molar-refractivity contribution >= 4 is 51.7 Å². The van der Waals surface area contributed by atoms with Crippen molar-refractivity contribution in [1.82, 2.24) is 14.3 Å². The fourth-order valence-corrected chi connectivity index (χ4v) is 6.73. The van der Waals surface area contributed by atoms with E-state index in [2.05, 4.69) is 18.7 Å². The number of thioether (sulfide) groups is 1. The van der Waals surface area contributed by atoms with E-state index in [1.165, 1.54) is 11.8 Å². The maximum absolute atomic E-state index is 13.8. The summed E-state index contributed by atoms with van der Waals surface area (Å²) >= 11 is 6.87. The number of anilines is 1. The van der Waals surface area contributed by atoms with Gasteiger partial charge in [-0.1, -0.05) is 74.2 Å². The SMILES string of the molecule is Cc1cccn2c(=O)c(/C=C3/SC(=S)N([C@@H](C)c4ccccc4)C3=O)c(N3C[C@@H](C)C[C@H](C)C3)nc12. The van der Waals surface area contributed by atoms with Crippen LogP contribution >= 0.6 is 24.0 Å². The van der Waals surface area contributed by atoms with Crippen LogP contribution < -0.4 is 10.5 Å². The van der Waals surface area contributed by atoms with E-state index in [4.69, 9.17) is 17.2 Å². The van der Waals surface area contributed by atoms with Gasteiger partial charge >= 0.3 is 0 Å². The van der Waals surface area contributed by atoms with Gasteiger partial charge in [0.25, 0.3) is 11.5 Å². The van der Waals surface area contributed by atoms with Gasteiger partial charge in [0.1, 0.15) is 15.8 Å². The Hall–Kier alpha value is -2.97. The molecule has 6 nitrogen and oxygen atoms in total. The molecule has 2 saturated heterocycles. The fraction of sp³-hybridized carbons (Fsp3) is 0.357. The van der Waals surface area contributed by atoms with Crippen LogP contribution in [0.1, 0.15) is 49.9 Å². The van der Waals surface area contributed by atoms with Gasteiger partial charge in [-0.05, 0) is 55.4 Å². The number of carbonyl (C=O) groups is 1. The van der Waals surface area contributed by atoms with E-state index < -0.39 is 0 Å². The molecular weight excluding hydrogens is 488 g/mol. The standard InChI is InChI=1S/C28H30N4O2S2/c1-17-13-18(2)16-30(15-17)25-22(26(33)31-12-8-9-19(3)24(31)29-25)14-23-27(34)32(28(35)36-23)20(4)21-10-6-5-7-11-21/h5-12,14,17-18,20H,13,15-16H2,1-4H3/b23-14+/t17-,18-,20-/m0/s1. The van der Waals surface area contributed by atoms with Crippen molar-refractivity contribution in [2.24, 2.45) is 11.8 Å². The smallest absolute Gasteiger partial charge is 0.267 e. The maximum Gasteiger partial charge on any atom is 0.267 e. The number of fused-ring (bicyclic) bond motifs is 1. The lowest BCUT2D eigenvalue weighted by Crippen LogP contribution is -2.40. The molecule has 3 aromatic rings. The third-order valence-corrected chi connectivity index (χ3v) is 8.33. The number of piperidine rings is 1. The molecule has 8 heteroatoms. The van der Waals surface area contributed by atoms with Gasteiger partial charge < -0.3 is 4.90 Å². The number of aryl methyl sites for hydroxylation is 1. The van der Waals surface area contributed by atoms with Crippen LogP contribution in [0, 0.1) is 18.8 Å². The predicted octanol–water partition coefficient (Wildman–Crippen LogP) is 5.45. The van der Waals surface area contributed by atoms with Crippen molar-refractivity contribution in [3.8, 4) is 0 Å². The summed E-state index contributed by atoms with van der Waals surface area (Å²) in [5.74, 6) is 1.45. The molecule has 2 fully saturated rings. The lowest BCUT2D eigenvalue weighted by atomic mass is 9.91. The third-order valence-electron chi connectivity index (χ3n) is 7.00. The molecule has 1 aromatic carbocycles. The Morgan fingerprint density at radius 1 is 1.08 bits per heavy atom. The summed E-state index contributed by atoms with van der Waals surface area (Å²) in [6.45, 7) is 10.1. The van der Waals surface area contributed by atoms with Gasteiger partial charge in [-0.3, -0.25) is 18.9 Å². The number of benzene rings is 1. The Morgan fingerprint density at radius 3 is 2.47 bits per heavy atom. The summed E-state index contributed by atoms with van der Waals surface area (Å²) in [6, 6.07) is 13.4. The fourth-order valence-electron chi connectivity index (χ4n) is 5.33. The Balaban J connectivity index is 1.62. The lowest BCUT2D eigenvalue weighted by molar-refractivity contribution is -0.123. The number of amides is 1. The van der Waals surface area contributed by atoms with Crippen molar-refractivity contribution in [2.75, 3.05) is 18.0 Å². The first kappa shape index (κ1) is 24.7. The normalized spacial score (nSPS) is 22.6. The van der Waals surface area contributed by atoms with Crippen LogP contribution in [0.4, 0.5) is 5.82 Å². The number of hydrogen-bond acceptors (Lipinski definition) is 6. The minimum Gasteiger partial charge on any atom is -0.355 e. The highest BCUT2D eigenvalue weighted by Crippen LogP contribution is 2.39. The first-order chi connectivity index (χ1) is 17.2. The first-order valence-corrected chi connectivity index (χ1v) is 13.6. The van der Waals surface area contributed by atoms with E-state index in [-0.39, 0.29) is 17.5 Å². The summed E-state index contributed by atoms with van der Waals surface area (Å²) in [6.07, 6.45) is 4.59. The molecule has 5 rings (SSSR count). The highest BCUT2D eigenvalue weighted by atomic mass is 32.2. The number of thiocarbonyl (C=S) groups is 1. The van der Waals surface area contributed by atoms with E-state index in [0.29, 0.717) is 38.1 Å².